The van der Waals surface area contributed by atoms with E-state index < -0.39 is 0 Å². The van der Waals surface area contributed by atoms with Gasteiger partial charge in [-0.3, -0.25) is 4.57 Å². The number of fused-ring (bicyclic) bond motifs is 7. The second kappa shape index (κ2) is 8.22. The summed E-state index contributed by atoms with van der Waals surface area (Å²) in [5, 5.41) is 14.9. The third kappa shape index (κ3) is 3.37. The summed E-state index contributed by atoms with van der Waals surface area (Å²) in [5.74, 6) is 1.26. The average Bonchev–Trinajstić information content (AvgIpc) is 3.39. The summed E-state index contributed by atoms with van der Waals surface area (Å²) in [6.45, 7) is 0. The molecule has 174 valence electrons. The predicted molar refractivity (Wildman–Crippen MR) is 148 cm³/mol. The number of nitrogens with zero attached hydrogens (tertiary/aromatic N) is 6. The van der Waals surface area contributed by atoms with E-state index in [2.05, 4.69) is 37.9 Å². The minimum atomic E-state index is 0.600. The van der Waals surface area contributed by atoms with Crippen molar-refractivity contribution in [1.82, 2.24) is 19.4 Å². The molecule has 7 nitrogen and oxygen atoms in total. The summed E-state index contributed by atoms with van der Waals surface area (Å²) in [4.78, 5) is 7.10. The molecule has 3 heterocycles. The lowest BCUT2D eigenvalue weighted by molar-refractivity contribution is 0.833. The van der Waals surface area contributed by atoms with Crippen LogP contribution in [0, 0.1) is 0 Å². The van der Waals surface area contributed by atoms with Gasteiger partial charge >= 0.3 is 0 Å². The van der Waals surface area contributed by atoms with E-state index in [0.717, 1.165) is 43.8 Å². The van der Waals surface area contributed by atoms with Gasteiger partial charge in [-0.1, -0.05) is 51.8 Å². The second-order valence-corrected chi connectivity index (χ2v) is 9.69. The highest BCUT2D eigenvalue weighted by atomic mass is 79.9. The van der Waals surface area contributed by atoms with Crippen molar-refractivity contribution in [3.63, 3.8) is 0 Å². The first kappa shape index (κ1) is 21.2. The summed E-state index contributed by atoms with van der Waals surface area (Å²) in [7, 11) is 0. The molecule has 0 amide bonds. The Morgan fingerprint density at radius 3 is 2.36 bits per heavy atom. The van der Waals surface area contributed by atoms with Crippen molar-refractivity contribution in [2.45, 2.75) is 0 Å². The molecule has 0 saturated carbocycles. The van der Waals surface area contributed by atoms with Crippen LogP contribution >= 0.6 is 27.5 Å². The van der Waals surface area contributed by atoms with Crippen molar-refractivity contribution in [3.8, 4) is 5.69 Å². The van der Waals surface area contributed by atoms with E-state index in [4.69, 9.17) is 26.8 Å². The monoisotopic (exact) mass is 553 g/mol. The molecular weight excluding hydrogens is 538 g/mol. The van der Waals surface area contributed by atoms with Crippen molar-refractivity contribution >= 4 is 73.1 Å². The van der Waals surface area contributed by atoms with Gasteiger partial charge in [-0.05, 0) is 72.8 Å². The van der Waals surface area contributed by atoms with Crippen LogP contribution in [0.25, 0.3) is 22.2 Å². The van der Waals surface area contributed by atoms with Crippen LogP contribution in [0.4, 0.5) is 23.0 Å². The Bertz CT molecular complexity index is 1790. The van der Waals surface area contributed by atoms with Gasteiger partial charge in [-0.15, -0.1) is 14.8 Å². The Labute approximate surface area is 219 Å². The fourth-order valence-corrected chi connectivity index (χ4v) is 4.85. The van der Waals surface area contributed by atoms with Gasteiger partial charge in [0.05, 0.1) is 22.6 Å². The van der Waals surface area contributed by atoms with E-state index >= 15 is 0 Å². The van der Waals surface area contributed by atoms with E-state index in [-0.39, 0.29) is 0 Å². The number of benzene rings is 4. The third-order valence-electron chi connectivity index (χ3n) is 6.08. The Morgan fingerprint density at radius 2 is 1.53 bits per heavy atom. The molecule has 6 aromatic rings. The zero-order valence-electron chi connectivity index (χ0n) is 18.7. The Hall–Kier alpha value is -4.14. The van der Waals surface area contributed by atoms with Crippen LogP contribution in [0.15, 0.2) is 107 Å². The SMILES string of the molecule is Clc1ccc(NC2=Nc3ccccc3-n3c(nn4nc5ccccc5c34)N2c2ccc(Br)cc2)cc1. The van der Waals surface area contributed by atoms with E-state index in [1.54, 1.807) is 4.63 Å². The first-order valence-corrected chi connectivity index (χ1v) is 12.5. The number of hydrogen-bond donors (Lipinski definition) is 1. The standard InChI is InChI=1S/C27H17BrClN7/c28-17-9-15-20(16-10-17)34-26(30-19-13-11-18(29)12-14-19)31-23-7-3-4-8-24(23)35-25-21-5-1-2-6-22(21)32-36(25)33-27(34)35/h1-16H,(H,30,31). The summed E-state index contributed by atoms with van der Waals surface area (Å²) in [6, 6.07) is 31.7. The molecule has 0 fully saturated rings. The van der Waals surface area contributed by atoms with Gasteiger partial charge in [0.25, 0.3) is 0 Å². The van der Waals surface area contributed by atoms with E-state index in [1.165, 1.54) is 0 Å². The van der Waals surface area contributed by atoms with Gasteiger partial charge in [0.15, 0.2) is 5.65 Å². The maximum absolute atomic E-state index is 6.14. The number of halogens is 2. The Balaban J connectivity index is 1.54. The summed E-state index contributed by atoms with van der Waals surface area (Å²) in [5.41, 5.74) is 5.22. The molecular formula is C27H17BrClN7. The van der Waals surface area contributed by atoms with Crippen molar-refractivity contribution in [2.24, 2.45) is 4.99 Å². The lowest BCUT2D eigenvalue weighted by atomic mass is 10.2. The van der Waals surface area contributed by atoms with E-state index in [0.29, 0.717) is 16.9 Å². The normalized spacial score (nSPS) is 12.8. The molecule has 0 saturated heterocycles. The highest BCUT2D eigenvalue weighted by Crippen LogP contribution is 2.39. The summed E-state index contributed by atoms with van der Waals surface area (Å²) < 4.78 is 4.80. The number of rotatable bonds is 2. The minimum Gasteiger partial charge on any atom is -0.325 e. The van der Waals surface area contributed by atoms with Crippen LogP contribution in [-0.2, 0) is 0 Å². The number of aliphatic imine (C=N–C) groups is 1. The van der Waals surface area contributed by atoms with Crippen molar-refractivity contribution < 1.29 is 0 Å². The van der Waals surface area contributed by atoms with Gasteiger partial charge in [0.2, 0.25) is 11.9 Å². The van der Waals surface area contributed by atoms with Crippen LogP contribution in [0.1, 0.15) is 0 Å². The lowest BCUT2D eigenvalue weighted by Gasteiger charge is -2.24. The Morgan fingerprint density at radius 1 is 0.778 bits per heavy atom. The molecule has 0 bridgehead atoms. The summed E-state index contributed by atoms with van der Waals surface area (Å²) in [6.07, 6.45) is 0. The topological polar surface area (TPSA) is 62.8 Å². The minimum absolute atomic E-state index is 0.600. The average molecular weight is 555 g/mol. The van der Waals surface area contributed by atoms with Gasteiger partial charge < -0.3 is 5.32 Å². The van der Waals surface area contributed by atoms with Crippen molar-refractivity contribution in [3.05, 3.63) is 107 Å². The third-order valence-corrected chi connectivity index (χ3v) is 6.86. The van der Waals surface area contributed by atoms with Gasteiger partial charge in [0, 0.05) is 20.6 Å². The van der Waals surface area contributed by atoms with Crippen LogP contribution in [0.3, 0.4) is 0 Å². The van der Waals surface area contributed by atoms with Crippen molar-refractivity contribution in [1.29, 1.82) is 0 Å². The molecule has 2 aromatic heterocycles. The maximum Gasteiger partial charge on any atom is 0.243 e. The van der Waals surface area contributed by atoms with Gasteiger partial charge in [0.1, 0.15) is 0 Å². The molecule has 0 unspecified atom stereocenters. The first-order chi connectivity index (χ1) is 17.7. The number of anilines is 3. The smallest absolute Gasteiger partial charge is 0.243 e. The molecule has 36 heavy (non-hydrogen) atoms. The van der Waals surface area contributed by atoms with Gasteiger partial charge in [-0.25, -0.2) is 9.89 Å². The lowest BCUT2D eigenvalue weighted by Crippen LogP contribution is -2.33. The predicted octanol–water partition coefficient (Wildman–Crippen LogP) is 7.34. The number of hydrogen-bond acceptors (Lipinski definition) is 5. The first-order valence-electron chi connectivity index (χ1n) is 11.3. The fourth-order valence-electron chi connectivity index (χ4n) is 4.46. The zero-order chi connectivity index (χ0) is 24.2. The second-order valence-electron chi connectivity index (χ2n) is 8.33. The van der Waals surface area contributed by atoms with Gasteiger partial charge in [-0.2, -0.15) is 0 Å². The highest BCUT2D eigenvalue weighted by molar-refractivity contribution is 9.10. The van der Waals surface area contributed by atoms with E-state index in [1.807, 2.05) is 89.8 Å². The fraction of sp³-hybridized carbons (Fsp3) is 0. The number of nitrogens with one attached hydrogen (secondary N) is 1. The quantitative estimate of drug-likeness (QED) is 0.243. The number of para-hydroxylation sites is 2. The molecule has 9 heteroatoms. The molecule has 7 rings (SSSR count). The van der Waals surface area contributed by atoms with Crippen LogP contribution in [-0.4, -0.2) is 25.4 Å². The molecule has 0 atom stereocenters. The molecule has 1 aliphatic heterocycles. The molecule has 1 aliphatic rings. The molecule has 0 radical (unpaired) electrons. The summed E-state index contributed by atoms with van der Waals surface area (Å²) >= 11 is 9.69. The molecule has 4 aromatic carbocycles. The number of guanidine groups is 1. The van der Waals surface area contributed by atoms with Crippen LogP contribution in [0.2, 0.25) is 5.02 Å². The number of aromatic nitrogens is 4. The van der Waals surface area contributed by atoms with Crippen LogP contribution in [0.5, 0.6) is 0 Å². The van der Waals surface area contributed by atoms with E-state index in [9.17, 15) is 0 Å². The largest absolute Gasteiger partial charge is 0.325 e. The Kier molecular flexibility index (Phi) is 4.83. The van der Waals surface area contributed by atoms with Crippen molar-refractivity contribution in [2.75, 3.05) is 10.2 Å². The molecule has 0 aliphatic carbocycles. The zero-order valence-corrected chi connectivity index (χ0v) is 21.0. The molecule has 0 spiro atoms. The highest BCUT2D eigenvalue weighted by Gasteiger charge is 2.30. The molecule has 1 N–H and O–H groups in total. The van der Waals surface area contributed by atoms with Crippen LogP contribution < -0.4 is 10.2 Å². The maximum atomic E-state index is 6.14.